The maximum atomic E-state index is 11.5. The van der Waals surface area contributed by atoms with Crippen LogP contribution in [0.5, 0.6) is 5.75 Å². The number of benzene rings is 1. The van der Waals surface area contributed by atoms with Crippen molar-refractivity contribution in [2.75, 3.05) is 119 Å². The van der Waals surface area contributed by atoms with Crippen molar-refractivity contribution in [2.24, 2.45) is 0 Å². The second kappa shape index (κ2) is 26.8. The molecule has 0 saturated heterocycles. The van der Waals surface area contributed by atoms with Gasteiger partial charge in [-0.1, -0.05) is 0 Å². The summed E-state index contributed by atoms with van der Waals surface area (Å²) in [5.41, 5.74) is -0.299. The Bertz CT molecular complexity index is 833. The predicted octanol–water partition coefficient (Wildman–Crippen LogP) is 2.42. The summed E-state index contributed by atoms with van der Waals surface area (Å²) in [7, 11) is 0. The molecule has 0 aliphatic heterocycles. The maximum absolute atomic E-state index is 11.5. The SMILES string of the molecule is CC(C)(C)OC(=O)NCCOCCOCCOCCOCCOCCOCCOCCOCCOc1ccc(C(=O)O)cc1. The number of carboxylic acids is 1. The zero-order chi connectivity index (χ0) is 32.1. The average Bonchev–Trinajstić information content (AvgIpc) is 2.98. The van der Waals surface area contributed by atoms with Crippen molar-refractivity contribution in [3.8, 4) is 5.75 Å². The molecule has 1 aromatic carbocycles. The standard InChI is InChI=1S/C30H51NO13/c1-30(2,3)44-29(34)31-8-9-35-10-11-36-12-13-37-14-15-38-16-17-39-18-19-40-20-21-41-22-23-42-24-25-43-27-6-4-26(5-7-27)28(32)33/h4-7H,8-25H2,1-3H3,(H,31,34)(H,32,33). The highest BCUT2D eigenvalue weighted by Crippen LogP contribution is 2.12. The van der Waals surface area contributed by atoms with Crippen LogP contribution >= 0.6 is 0 Å². The number of carbonyl (C=O) groups is 2. The second-order valence-corrected chi connectivity index (χ2v) is 10.0. The van der Waals surface area contributed by atoms with Gasteiger partial charge in [-0.05, 0) is 45.0 Å². The van der Waals surface area contributed by atoms with Crippen molar-refractivity contribution < 1.29 is 62.1 Å². The molecule has 0 bridgehead atoms. The molecule has 0 radical (unpaired) electrons. The van der Waals surface area contributed by atoms with Crippen molar-refractivity contribution in [3.63, 3.8) is 0 Å². The Morgan fingerprint density at radius 3 is 1.25 bits per heavy atom. The number of ether oxygens (including phenoxy) is 10. The molecular formula is C30H51NO13. The van der Waals surface area contributed by atoms with Gasteiger partial charge in [-0.2, -0.15) is 0 Å². The summed E-state index contributed by atoms with van der Waals surface area (Å²) < 4.78 is 54.1. The molecule has 0 fully saturated rings. The normalized spacial score (nSPS) is 11.4. The number of hydrogen-bond acceptors (Lipinski definition) is 12. The Morgan fingerprint density at radius 2 is 0.909 bits per heavy atom. The van der Waals surface area contributed by atoms with Crippen LogP contribution in [0, 0.1) is 0 Å². The highest BCUT2D eigenvalue weighted by molar-refractivity contribution is 5.87. The van der Waals surface area contributed by atoms with E-state index >= 15 is 0 Å². The summed E-state index contributed by atoms with van der Waals surface area (Å²) in [6.07, 6.45) is -0.458. The molecule has 1 rings (SSSR count). The van der Waals surface area contributed by atoms with E-state index in [4.69, 9.17) is 52.5 Å². The molecule has 1 aromatic rings. The number of aromatic carboxylic acids is 1. The van der Waals surface area contributed by atoms with E-state index in [2.05, 4.69) is 5.32 Å². The van der Waals surface area contributed by atoms with Gasteiger partial charge in [0.15, 0.2) is 0 Å². The van der Waals surface area contributed by atoms with E-state index in [1.807, 2.05) is 20.8 Å². The van der Waals surface area contributed by atoms with Gasteiger partial charge in [0.25, 0.3) is 0 Å². The first-order valence-electron chi connectivity index (χ1n) is 14.8. The van der Waals surface area contributed by atoms with E-state index in [1.54, 1.807) is 12.1 Å². The van der Waals surface area contributed by atoms with Crippen LogP contribution in [-0.2, 0) is 42.6 Å². The number of alkyl carbamates (subject to hydrolysis) is 1. The van der Waals surface area contributed by atoms with E-state index in [0.29, 0.717) is 125 Å². The number of carboxylic acid groups (broad SMARTS) is 1. The van der Waals surface area contributed by atoms with Gasteiger partial charge in [-0.25, -0.2) is 9.59 Å². The smallest absolute Gasteiger partial charge is 0.407 e. The van der Waals surface area contributed by atoms with Gasteiger partial charge >= 0.3 is 12.1 Å². The fourth-order valence-corrected chi connectivity index (χ4v) is 3.09. The van der Waals surface area contributed by atoms with E-state index in [1.165, 1.54) is 12.1 Å². The van der Waals surface area contributed by atoms with Crippen molar-refractivity contribution in [1.82, 2.24) is 5.32 Å². The van der Waals surface area contributed by atoms with E-state index < -0.39 is 17.7 Å². The number of carbonyl (C=O) groups excluding carboxylic acids is 1. The first-order chi connectivity index (χ1) is 21.3. The molecule has 0 unspecified atom stereocenters. The fourth-order valence-electron chi connectivity index (χ4n) is 3.09. The van der Waals surface area contributed by atoms with Crippen LogP contribution in [0.2, 0.25) is 0 Å². The first kappa shape index (κ1) is 39.5. The zero-order valence-corrected chi connectivity index (χ0v) is 26.4. The summed E-state index contributed by atoms with van der Waals surface area (Å²) in [6, 6.07) is 6.22. The van der Waals surface area contributed by atoms with Gasteiger partial charge in [-0.15, -0.1) is 0 Å². The molecule has 0 saturated carbocycles. The summed E-state index contributed by atoms with van der Waals surface area (Å²) in [5, 5.41) is 11.5. The molecule has 0 aliphatic carbocycles. The van der Waals surface area contributed by atoms with Crippen LogP contribution < -0.4 is 10.1 Å². The molecule has 44 heavy (non-hydrogen) atoms. The van der Waals surface area contributed by atoms with Crippen molar-refractivity contribution in [1.29, 1.82) is 0 Å². The van der Waals surface area contributed by atoms with Gasteiger partial charge < -0.3 is 57.8 Å². The van der Waals surface area contributed by atoms with Crippen LogP contribution in [0.15, 0.2) is 24.3 Å². The summed E-state index contributed by atoms with van der Waals surface area (Å²) >= 11 is 0. The van der Waals surface area contributed by atoms with Crippen LogP contribution in [0.4, 0.5) is 4.79 Å². The van der Waals surface area contributed by atoms with Crippen molar-refractivity contribution in [3.05, 3.63) is 29.8 Å². The Hall–Kier alpha value is -2.56. The molecule has 254 valence electrons. The summed E-state index contributed by atoms with van der Waals surface area (Å²) in [4.78, 5) is 22.3. The Morgan fingerprint density at radius 1 is 0.568 bits per heavy atom. The Kier molecular flexibility index (Phi) is 24.0. The quantitative estimate of drug-likeness (QED) is 0.124. The molecule has 14 heteroatoms. The molecule has 1 amide bonds. The maximum Gasteiger partial charge on any atom is 0.407 e. The Labute approximate surface area is 260 Å². The van der Waals surface area contributed by atoms with Gasteiger partial charge in [0.2, 0.25) is 0 Å². The third-order valence-corrected chi connectivity index (χ3v) is 5.12. The lowest BCUT2D eigenvalue weighted by molar-refractivity contribution is -0.0235. The molecule has 0 atom stereocenters. The fraction of sp³-hybridized carbons (Fsp3) is 0.733. The van der Waals surface area contributed by atoms with Gasteiger partial charge in [-0.3, -0.25) is 0 Å². The minimum absolute atomic E-state index is 0.217. The largest absolute Gasteiger partial charge is 0.491 e. The lowest BCUT2D eigenvalue weighted by Gasteiger charge is -2.19. The van der Waals surface area contributed by atoms with Crippen LogP contribution in [0.3, 0.4) is 0 Å². The third-order valence-electron chi connectivity index (χ3n) is 5.12. The van der Waals surface area contributed by atoms with E-state index in [0.717, 1.165) is 0 Å². The van der Waals surface area contributed by atoms with Gasteiger partial charge in [0.05, 0.1) is 111 Å². The second-order valence-electron chi connectivity index (χ2n) is 10.0. The molecule has 2 N–H and O–H groups in total. The number of amides is 1. The molecular weight excluding hydrogens is 582 g/mol. The zero-order valence-electron chi connectivity index (χ0n) is 26.4. The van der Waals surface area contributed by atoms with Gasteiger partial charge in [0, 0.05) is 6.54 Å². The number of hydrogen-bond donors (Lipinski definition) is 2. The minimum Gasteiger partial charge on any atom is -0.491 e. The van der Waals surface area contributed by atoms with Crippen LogP contribution in [-0.4, -0.2) is 142 Å². The van der Waals surface area contributed by atoms with Crippen molar-refractivity contribution >= 4 is 12.1 Å². The Balaban J connectivity index is 1.69. The van der Waals surface area contributed by atoms with Crippen LogP contribution in [0.25, 0.3) is 0 Å². The third kappa shape index (κ3) is 25.9. The predicted molar refractivity (Wildman–Crippen MR) is 160 cm³/mol. The lowest BCUT2D eigenvalue weighted by Crippen LogP contribution is -2.34. The monoisotopic (exact) mass is 633 g/mol. The highest BCUT2D eigenvalue weighted by atomic mass is 16.6. The molecule has 14 nitrogen and oxygen atoms in total. The first-order valence-corrected chi connectivity index (χ1v) is 14.8. The topological polar surface area (TPSA) is 159 Å². The van der Waals surface area contributed by atoms with Gasteiger partial charge in [0.1, 0.15) is 18.0 Å². The molecule has 0 spiro atoms. The van der Waals surface area contributed by atoms with Crippen molar-refractivity contribution in [2.45, 2.75) is 26.4 Å². The van der Waals surface area contributed by atoms with Crippen LogP contribution in [0.1, 0.15) is 31.1 Å². The average molecular weight is 634 g/mol. The summed E-state index contributed by atoms with van der Waals surface area (Å²) in [6.45, 7) is 13.5. The summed E-state index contributed by atoms with van der Waals surface area (Å²) in [5.74, 6) is -0.376. The highest BCUT2D eigenvalue weighted by Gasteiger charge is 2.15. The molecule has 0 aromatic heterocycles. The number of rotatable bonds is 29. The minimum atomic E-state index is -0.970. The lowest BCUT2D eigenvalue weighted by atomic mass is 10.2. The van der Waals surface area contributed by atoms with E-state index in [-0.39, 0.29) is 5.56 Å². The molecule has 0 heterocycles. The number of nitrogens with one attached hydrogen (secondary N) is 1. The van der Waals surface area contributed by atoms with E-state index in [9.17, 15) is 9.59 Å². The molecule has 0 aliphatic rings.